The summed E-state index contributed by atoms with van der Waals surface area (Å²) in [6, 6.07) is 3.53. The Morgan fingerprint density at radius 1 is 1.31 bits per heavy atom. The number of hydrogen-bond donors (Lipinski definition) is 0. The highest BCUT2D eigenvalue weighted by Gasteiger charge is 2.25. The number of benzene rings is 1. The smallest absolute Gasteiger partial charge is 0.225 e. The van der Waals surface area contributed by atoms with Crippen molar-refractivity contribution in [3.8, 4) is 0 Å². The van der Waals surface area contributed by atoms with E-state index in [2.05, 4.69) is 36.9 Å². The molecule has 0 N–H and O–H groups in total. The van der Waals surface area contributed by atoms with Crippen molar-refractivity contribution in [2.45, 2.75) is 0 Å². The second-order valence-electron chi connectivity index (χ2n) is 2.52. The van der Waals surface area contributed by atoms with Crippen LogP contribution in [0.25, 0.3) is 0 Å². The number of carbonyl (C=O) groups excluding carboxylic acids is 1. The fourth-order valence-electron chi connectivity index (χ4n) is 1.11. The van der Waals surface area contributed by atoms with Crippen molar-refractivity contribution in [3.63, 3.8) is 0 Å². The third-order valence-corrected chi connectivity index (χ3v) is 2.99. The Morgan fingerprint density at radius 3 is 2.69 bits per heavy atom. The fourth-order valence-corrected chi connectivity index (χ4v) is 2.61. The molecule has 0 unspecified atom stereocenters. The molecule has 0 saturated carbocycles. The number of Topliss-reactive ketones (excluding diaryl/α,β-unsaturated/α-hetero) is 1. The zero-order valence-electron chi connectivity index (χ0n) is 6.14. The minimum absolute atomic E-state index is 0.0220. The fraction of sp³-hybridized carbons (Fsp3) is 0. The lowest BCUT2D eigenvalue weighted by molar-refractivity contribution is 0.107. The molecule has 1 aromatic carbocycles. The molecule has 0 amide bonds. The van der Waals surface area contributed by atoms with Crippen LogP contribution in [0, 0.1) is 0 Å². The summed E-state index contributed by atoms with van der Waals surface area (Å²) in [7, 11) is 0. The van der Waals surface area contributed by atoms with E-state index in [0.717, 1.165) is 8.95 Å². The Labute approximate surface area is 96.3 Å². The van der Waals surface area contributed by atoms with Crippen molar-refractivity contribution in [1.29, 1.82) is 0 Å². The third kappa shape index (κ3) is 1.47. The van der Waals surface area contributed by atoms with Crippen LogP contribution in [0.4, 0.5) is 5.69 Å². The van der Waals surface area contributed by atoms with Crippen LogP contribution in [-0.2, 0) is 0 Å². The van der Waals surface area contributed by atoms with Crippen LogP contribution in [0.3, 0.4) is 0 Å². The van der Waals surface area contributed by atoms with E-state index < -0.39 is 0 Å². The van der Waals surface area contributed by atoms with Crippen LogP contribution in [0.1, 0.15) is 10.4 Å². The van der Waals surface area contributed by atoms with Gasteiger partial charge in [0.15, 0.2) is 5.17 Å². The number of nitrogens with zero attached hydrogens (tertiary/aromatic N) is 1. The van der Waals surface area contributed by atoms with Crippen LogP contribution in [0.2, 0.25) is 0 Å². The molecule has 2 rings (SSSR count). The minimum Gasteiger partial charge on any atom is -0.286 e. The van der Waals surface area contributed by atoms with E-state index in [9.17, 15) is 4.79 Å². The highest BCUT2D eigenvalue weighted by atomic mass is 79.9. The Kier molecular flexibility index (Phi) is 2.30. The first-order chi connectivity index (χ1) is 6.09. The SMILES string of the molecule is O=C1C(Cl)=Nc2c(Br)cc(Br)cc21. The quantitative estimate of drug-likeness (QED) is 0.716. The van der Waals surface area contributed by atoms with E-state index in [4.69, 9.17) is 11.6 Å². The van der Waals surface area contributed by atoms with Crippen molar-refractivity contribution in [3.05, 3.63) is 26.6 Å². The second-order valence-corrected chi connectivity index (χ2v) is 4.64. The molecule has 0 saturated heterocycles. The first-order valence-corrected chi connectivity index (χ1v) is 5.34. The summed E-state index contributed by atoms with van der Waals surface area (Å²) in [6.07, 6.45) is 0. The van der Waals surface area contributed by atoms with Crippen LogP contribution in [-0.4, -0.2) is 11.0 Å². The zero-order valence-corrected chi connectivity index (χ0v) is 10.1. The van der Waals surface area contributed by atoms with E-state index >= 15 is 0 Å². The van der Waals surface area contributed by atoms with Crippen LogP contribution < -0.4 is 0 Å². The lowest BCUT2D eigenvalue weighted by Gasteiger charge is -1.99. The number of carbonyl (C=O) groups is 1. The summed E-state index contributed by atoms with van der Waals surface area (Å²) in [6.45, 7) is 0. The van der Waals surface area contributed by atoms with Crippen LogP contribution >= 0.6 is 43.5 Å². The van der Waals surface area contributed by atoms with Crippen molar-refractivity contribution in [2.75, 3.05) is 0 Å². The predicted molar refractivity (Wildman–Crippen MR) is 59.1 cm³/mol. The molecule has 0 aromatic heterocycles. The highest BCUT2D eigenvalue weighted by Crippen LogP contribution is 2.37. The van der Waals surface area contributed by atoms with Gasteiger partial charge in [0.2, 0.25) is 5.78 Å². The molecule has 1 aliphatic heterocycles. The van der Waals surface area contributed by atoms with Gasteiger partial charge in [-0.25, -0.2) is 4.99 Å². The molecule has 2 nitrogen and oxygen atoms in total. The van der Waals surface area contributed by atoms with Crippen molar-refractivity contribution in [2.24, 2.45) is 4.99 Å². The summed E-state index contributed by atoms with van der Waals surface area (Å²) in [4.78, 5) is 15.3. The normalized spacial score (nSPS) is 14.4. The summed E-state index contributed by atoms with van der Waals surface area (Å²) in [5, 5.41) is 0.0220. The molecule has 13 heavy (non-hydrogen) atoms. The van der Waals surface area contributed by atoms with E-state index in [1.54, 1.807) is 6.07 Å². The lowest BCUT2D eigenvalue weighted by atomic mass is 10.1. The number of hydrogen-bond acceptors (Lipinski definition) is 2. The van der Waals surface area contributed by atoms with E-state index in [1.165, 1.54) is 0 Å². The van der Waals surface area contributed by atoms with Gasteiger partial charge in [0.25, 0.3) is 0 Å². The van der Waals surface area contributed by atoms with Gasteiger partial charge < -0.3 is 0 Å². The monoisotopic (exact) mass is 321 g/mol. The molecule has 5 heteroatoms. The first kappa shape index (κ1) is 9.37. The van der Waals surface area contributed by atoms with Gasteiger partial charge >= 0.3 is 0 Å². The van der Waals surface area contributed by atoms with Gasteiger partial charge in [0, 0.05) is 8.95 Å². The Bertz CT molecular complexity index is 442. The van der Waals surface area contributed by atoms with Gasteiger partial charge in [-0.1, -0.05) is 27.5 Å². The molecule has 0 bridgehead atoms. The van der Waals surface area contributed by atoms with Gasteiger partial charge in [-0.2, -0.15) is 0 Å². The zero-order chi connectivity index (χ0) is 9.59. The van der Waals surface area contributed by atoms with E-state index in [-0.39, 0.29) is 11.0 Å². The van der Waals surface area contributed by atoms with Crippen LogP contribution in [0.15, 0.2) is 26.1 Å². The number of rotatable bonds is 0. The second kappa shape index (κ2) is 3.19. The third-order valence-electron chi connectivity index (χ3n) is 1.67. The number of aliphatic imine (C=N–C) groups is 1. The topological polar surface area (TPSA) is 29.4 Å². The van der Waals surface area contributed by atoms with Gasteiger partial charge in [-0.05, 0) is 28.1 Å². The molecule has 0 aliphatic carbocycles. The average molecular weight is 323 g/mol. The molecule has 1 aliphatic rings. The molecule has 0 atom stereocenters. The summed E-state index contributed by atoms with van der Waals surface area (Å²) >= 11 is 12.2. The van der Waals surface area contributed by atoms with Crippen molar-refractivity contribution >= 4 is 60.1 Å². The molecule has 0 fully saturated rings. The Hall–Kier alpha value is -0.190. The van der Waals surface area contributed by atoms with Gasteiger partial charge in [-0.15, -0.1) is 0 Å². The van der Waals surface area contributed by atoms with Crippen LogP contribution in [0.5, 0.6) is 0 Å². The summed E-state index contributed by atoms with van der Waals surface area (Å²) in [5.74, 6) is -0.223. The van der Waals surface area contributed by atoms with Crippen molar-refractivity contribution < 1.29 is 4.79 Å². The highest BCUT2D eigenvalue weighted by molar-refractivity contribution is 9.11. The summed E-state index contributed by atoms with van der Waals surface area (Å²) < 4.78 is 1.59. The molecular formula is C8H2Br2ClNO. The lowest BCUT2D eigenvalue weighted by Crippen LogP contribution is -2.01. The van der Waals surface area contributed by atoms with Gasteiger partial charge in [0.1, 0.15) is 0 Å². The molecule has 66 valence electrons. The maximum absolute atomic E-state index is 11.4. The van der Waals surface area contributed by atoms with E-state index in [1.807, 2.05) is 6.07 Å². The van der Waals surface area contributed by atoms with Gasteiger partial charge in [0.05, 0.1) is 11.3 Å². The Morgan fingerprint density at radius 2 is 2.00 bits per heavy atom. The van der Waals surface area contributed by atoms with E-state index in [0.29, 0.717) is 11.3 Å². The Balaban J connectivity index is 2.73. The first-order valence-electron chi connectivity index (χ1n) is 3.37. The molecule has 1 heterocycles. The largest absolute Gasteiger partial charge is 0.286 e. The maximum atomic E-state index is 11.4. The molecule has 0 spiro atoms. The molecule has 0 radical (unpaired) electrons. The number of halogens is 3. The number of fused-ring (bicyclic) bond motifs is 1. The predicted octanol–water partition coefficient (Wildman–Crippen LogP) is 3.68. The average Bonchev–Trinajstić information content (AvgIpc) is 2.32. The maximum Gasteiger partial charge on any atom is 0.225 e. The summed E-state index contributed by atoms with van der Waals surface area (Å²) in [5.41, 5.74) is 1.14. The minimum atomic E-state index is -0.223. The van der Waals surface area contributed by atoms with Crippen molar-refractivity contribution in [1.82, 2.24) is 0 Å². The molecule has 1 aromatic rings. The number of ketones is 1. The molecular weight excluding hydrogens is 321 g/mol. The van der Waals surface area contributed by atoms with Gasteiger partial charge in [-0.3, -0.25) is 4.79 Å². The standard InChI is InChI=1S/C8H2Br2ClNO/c9-3-1-4-6(5(10)2-3)12-8(11)7(4)13/h1-2H.